The fourth-order valence-electron chi connectivity index (χ4n) is 3.39. The van der Waals surface area contributed by atoms with Gasteiger partial charge in [-0.15, -0.1) is 11.3 Å². The first-order valence-corrected chi connectivity index (χ1v) is 10.2. The maximum absolute atomic E-state index is 12.5. The van der Waals surface area contributed by atoms with Crippen LogP contribution in [0.5, 0.6) is 0 Å². The molecule has 1 amide bonds. The minimum absolute atomic E-state index is 0.310. The molecule has 1 aromatic carbocycles. The Labute approximate surface area is 165 Å². The Hall–Kier alpha value is -2.87. The molecule has 2 aromatic heterocycles. The van der Waals surface area contributed by atoms with E-state index in [4.69, 9.17) is 4.74 Å². The second-order valence-electron chi connectivity index (χ2n) is 7.00. The summed E-state index contributed by atoms with van der Waals surface area (Å²) >= 11 is 1.47. The molecular formula is C20H21N3O4S. The number of carbonyl (C=O) groups is 2. The van der Waals surface area contributed by atoms with Gasteiger partial charge in [0.2, 0.25) is 0 Å². The first-order valence-electron chi connectivity index (χ1n) is 9.35. The van der Waals surface area contributed by atoms with E-state index in [1.165, 1.54) is 28.2 Å². The maximum Gasteiger partial charge on any atom is 0.349 e. The fraction of sp³-hybridized carbons (Fsp3) is 0.350. The molecule has 4 rings (SSSR count). The summed E-state index contributed by atoms with van der Waals surface area (Å²) in [5, 5.41) is 2.71. The van der Waals surface area contributed by atoms with Crippen molar-refractivity contribution in [1.29, 1.82) is 0 Å². The van der Waals surface area contributed by atoms with Crippen LogP contribution >= 0.6 is 11.3 Å². The monoisotopic (exact) mass is 399 g/mol. The molecule has 7 nitrogen and oxygen atoms in total. The van der Waals surface area contributed by atoms with Crippen LogP contribution in [0, 0.1) is 0 Å². The van der Waals surface area contributed by atoms with E-state index in [1.54, 1.807) is 25.1 Å². The molecule has 0 saturated heterocycles. The topological polar surface area (TPSA) is 104 Å². The number of fused-ring (bicyclic) bond motifs is 2. The summed E-state index contributed by atoms with van der Waals surface area (Å²) in [6.07, 6.45) is 4.59. The predicted molar refractivity (Wildman–Crippen MR) is 108 cm³/mol. The fourth-order valence-corrected chi connectivity index (χ4v) is 4.53. The van der Waals surface area contributed by atoms with Gasteiger partial charge >= 0.3 is 11.7 Å². The van der Waals surface area contributed by atoms with E-state index in [0.717, 1.165) is 25.7 Å². The van der Waals surface area contributed by atoms with Gasteiger partial charge in [0.25, 0.3) is 5.91 Å². The van der Waals surface area contributed by atoms with Gasteiger partial charge in [-0.25, -0.2) is 9.59 Å². The number of anilines is 1. The molecule has 0 spiro atoms. The molecule has 8 heteroatoms. The standard InChI is InChI=1S/C20H21N3O4S/c1-11(18(24)21-13-7-8-14-15(10-13)23-20(26)22-14)27-19(25)17-9-12-5-3-2-4-6-16(12)28-17/h7-11H,2-6H2,1H3,(H,21,24)(H2,22,23,26)/t11-/m1/s1. The summed E-state index contributed by atoms with van der Waals surface area (Å²) in [6.45, 7) is 1.54. The molecule has 1 aliphatic rings. The highest BCUT2D eigenvalue weighted by Gasteiger charge is 2.22. The minimum Gasteiger partial charge on any atom is -0.448 e. The van der Waals surface area contributed by atoms with Crippen molar-refractivity contribution in [3.05, 3.63) is 50.1 Å². The molecular weight excluding hydrogens is 378 g/mol. The average molecular weight is 399 g/mol. The number of aromatic amines is 2. The van der Waals surface area contributed by atoms with Crippen molar-refractivity contribution in [1.82, 2.24) is 9.97 Å². The van der Waals surface area contributed by atoms with E-state index >= 15 is 0 Å². The van der Waals surface area contributed by atoms with Crippen molar-refractivity contribution in [3.63, 3.8) is 0 Å². The third kappa shape index (κ3) is 3.87. The Morgan fingerprint density at radius 1 is 1.11 bits per heavy atom. The average Bonchev–Trinajstić information content (AvgIpc) is 3.17. The van der Waals surface area contributed by atoms with Gasteiger partial charge in [-0.3, -0.25) is 4.79 Å². The quantitative estimate of drug-likeness (QED) is 0.462. The Bertz CT molecular complexity index is 1070. The summed E-state index contributed by atoms with van der Waals surface area (Å²) in [5.41, 5.74) is 2.68. The number of hydrogen-bond acceptors (Lipinski definition) is 5. The number of aryl methyl sites for hydroxylation is 2. The molecule has 3 N–H and O–H groups in total. The van der Waals surface area contributed by atoms with E-state index in [0.29, 0.717) is 21.6 Å². The molecule has 0 unspecified atom stereocenters. The number of carbonyl (C=O) groups excluding carboxylic acids is 2. The summed E-state index contributed by atoms with van der Waals surface area (Å²) in [7, 11) is 0. The lowest BCUT2D eigenvalue weighted by atomic mass is 10.1. The largest absolute Gasteiger partial charge is 0.448 e. The Kier molecular flexibility index (Phi) is 5.04. The first-order chi connectivity index (χ1) is 13.5. The van der Waals surface area contributed by atoms with E-state index in [2.05, 4.69) is 15.3 Å². The zero-order valence-electron chi connectivity index (χ0n) is 15.5. The number of amides is 1. The highest BCUT2D eigenvalue weighted by molar-refractivity contribution is 7.14. The molecule has 2 heterocycles. The number of thiophene rings is 1. The third-order valence-electron chi connectivity index (χ3n) is 4.88. The first kappa shape index (κ1) is 18.5. The van der Waals surface area contributed by atoms with E-state index < -0.39 is 18.0 Å². The SMILES string of the molecule is C[C@@H](OC(=O)c1cc2c(s1)CCCCC2)C(=O)Nc1ccc2[nH]c(=O)[nH]c2c1. The molecule has 146 valence electrons. The number of H-pyrrole nitrogens is 2. The van der Waals surface area contributed by atoms with Crippen molar-refractivity contribution in [2.45, 2.75) is 45.1 Å². The highest BCUT2D eigenvalue weighted by Crippen LogP contribution is 2.29. The molecule has 1 atom stereocenters. The van der Waals surface area contributed by atoms with Crippen molar-refractivity contribution in [3.8, 4) is 0 Å². The van der Waals surface area contributed by atoms with E-state index in [1.807, 2.05) is 6.07 Å². The van der Waals surface area contributed by atoms with Crippen LogP contribution in [0.15, 0.2) is 29.1 Å². The Morgan fingerprint density at radius 3 is 2.75 bits per heavy atom. The second-order valence-corrected chi connectivity index (χ2v) is 8.13. The highest BCUT2D eigenvalue weighted by atomic mass is 32.1. The van der Waals surface area contributed by atoms with Gasteiger partial charge in [-0.2, -0.15) is 0 Å². The number of aromatic nitrogens is 2. The number of nitrogens with one attached hydrogen (secondary N) is 3. The van der Waals surface area contributed by atoms with Crippen molar-refractivity contribution in [2.24, 2.45) is 0 Å². The number of imidazole rings is 1. The minimum atomic E-state index is -0.935. The number of hydrogen-bond donors (Lipinski definition) is 3. The number of benzene rings is 1. The number of rotatable bonds is 4. The van der Waals surface area contributed by atoms with Crippen molar-refractivity contribution < 1.29 is 14.3 Å². The van der Waals surface area contributed by atoms with Gasteiger partial charge < -0.3 is 20.0 Å². The molecule has 28 heavy (non-hydrogen) atoms. The van der Waals surface area contributed by atoms with Gasteiger partial charge in [-0.05, 0) is 62.4 Å². The Balaban J connectivity index is 1.40. The van der Waals surface area contributed by atoms with Gasteiger partial charge in [0.05, 0.1) is 11.0 Å². The Morgan fingerprint density at radius 2 is 1.89 bits per heavy atom. The van der Waals surface area contributed by atoms with Gasteiger partial charge in [0, 0.05) is 10.6 Å². The van der Waals surface area contributed by atoms with Gasteiger partial charge in [0.1, 0.15) is 4.88 Å². The van der Waals surface area contributed by atoms with Crippen molar-refractivity contribution >= 4 is 39.9 Å². The van der Waals surface area contributed by atoms with Crippen molar-refractivity contribution in [2.75, 3.05) is 5.32 Å². The van der Waals surface area contributed by atoms with Crippen LogP contribution in [-0.4, -0.2) is 27.9 Å². The molecule has 3 aromatic rings. The normalized spacial score (nSPS) is 14.9. The molecule has 0 bridgehead atoms. The van der Waals surface area contributed by atoms with Crippen LogP contribution in [0.3, 0.4) is 0 Å². The lowest BCUT2D eigenvalue weighted by Gasteiger charge is -2.13. The molecule has 0 fully saturated rings. The smallest absolute Gasteiger partial charge is 0.349 e. The maximum atomic E-state index is 12.5. The van der Waals surface area contributed by atoms with Crippen LogP contribution in [0.4, 0.5) is 5.69 Å². The lowest BCUT2D eigenvalue weighted by Crippen LogP contribution is -2.29. The molecule has 0 aliphatic heterocycles. The van der Waals surface area contributed by atoms with Crippen LogP contribution in [0.1, 0.15) is 46.3 Å². The van der Waals surface area contributed by atoms with Crippen LogP contribution in [-0.2, 0) is 22.4 Å². The summed E-state index contributed by atoms with van der Waals surface area (Å²) in [4.78, 5) is 43.3. The zero-order valence-corrected chi connectivity index (χ0v) is 16.3. The second kappa shape index (κ2) is 7.63. The third-order valence-corrected chi connectivity index (χ3v) is 6.10. The summed E-state index contributed by atoms with van der Waals surface area (Å²) in [5.74, 6) is -0.894. The predicted octanol–water partition coefficient (Wildman–Crippen LogP) is 3.37. The zero-order chi connectivity index (χ0) is 19.7. The summed E-state index contributed by atoms with van der Waals surface area (Å²) in [6, 6.07) is 6.93. The molecule has 0 radical (unpaired) electrons. The van der Waals surface area contributed by atoms with Crippen LogP contribution in [0.25, 0.3) is 11.0 Å². The van der Waals surface area contributed by atoms with Gasteiger partial charge in [0.15, 0.2) is 6.10 Å². The lowest BCUT2D eigenvalue weighted by molar-refractivity contribution is -0.123. The number of esters is 1. The van der Waals surface area contributed by atoms with Crippen LogP contribution in [0.2, 0.25) is 0 Å². The van der Waals surface area contributed by atoms with Crippen LogP contribution < -0.4 is 11.0 Å². The molecule has 1 aliphatic carbocycles. The van der Waals surface area contributed by atoms with E-state index in [9.17, 15) is 14.4 Å². The number of ether oxygens (including phenoxy) is 1. The van der Waals surface area contributed by atoms with E-state index in [-0.39, 0.29) is 5.69 Å². The molecule has 0 saturated carbocycles. The van der Waals surface area contributed by atoms with Gasteiger partial charge in [-0.1, -0.05) is 6.42 Å². The summed E-state index contributed by atoms with van der Waals surface area (Å²) < 4.78 is 5.37.